The van der Waals surface area contributed by atoms with Gasteiger partial charge >= 0.3 is 0 Å². The summed E-state index contributed by atoms with van der Waals surface area (Å²) in [5, 5.41) is 2.25. The Bertz CT molecular complexity index is 406. The van der Waals surface area contributed by atoms with Gasteiger partial charge in [-0.15, -0.1) is 11.3 Å². The molecule has 0 aromatic carbocycles. The van der Waals surface area contributed by atoms with Crippen molar-refractivity contribution in [3.8, 4) is 0 Å². The standard InChI is InChI=1S/C13H17NOS/c1-5-14(6-1)8-11-12-10(2-7-16-12)13(3-4-13)9-15-11/h2,7,11H,1,3-6,8-9H2/t11-/m1/s1. The Balaban J connectivity index is 1.61. The van der Waals surface area contributed by atoms with E-state index in [1.807, 2.05) is 11.3 Å². The van der Waals surface area contributed by atoms with Crippen LogP contribution in [0.4, 0.5) is 0 Å². The molecule has 3 heterocycles. The van der Waals surface area contributed by atoms with Crippen LogP contribution < -0.4 is 0 Å². The second-order valence-electron chi connectivity index (χ2n) is 5.43. The minimum atomic E-state index is 0.363. The van der Waals surface area contributed by atoms with Crippen LogP contribution >= 0.6 is 11.3 Å². The van der Waals surface area contributed by atoms with Crippen molar-refractivity contribution in [1.82, 2.24) is 4.90 Å². The summed E-state index contributed by atoms with van der Waals surface area (Å²) in [6.45, 7) is 4.62. The Morgan fingerprint density at radius 1 is 1.44 bits per heavy atom. The lowest BCUT2D eigenvalue weighted by molar-refractivity contribution is -0.00973. The third kappa shape index (κ3) is 1.31. The highest BCUT2D eigenvalue weighted by atomic mass is 32.1. The minimum Gasteiger partial charge on any atom is -0.370 e. The molecule has 3 aliphatic rings. The fraction of sp³-hybridized carbons (Fsp3) is 0.692. The van der Waals surface area contributed by atoms with Crippen LogP contribution in [0.15, 0.2) is 11.4 Å². The summed E-state index contributed by atoms with van der Waals surface area (Å²) in [7, 11) is 0. The van der Waals surface area contributed by atoms with Gasteiger partial charge < -0.3 is 9.64 Å². The zero-order valence-electron chi connectivity index (χ0n) is 9.45. The highest BCUT2D eigenvalue weighted by molar-refractivity contribution is 7.10. The van der Waals surface area contributed by atoms with Gasteiger partial charge in [0.25, 0.3) is 0 Å². The van der Waals surface area contributed by atoms with E-state index in [0.717, 1.165) is 13.2 Å². The van der Waals surface area contributed by atoms with Crippen molar-refractivity contribution in [2.45, 2.75) is 30.8 Å². The van der Waals surface area contributed by atoms with Crippen LogP contribution in [0.1, 0.15) is 35.8 Å². The van der Waals surface area contributed by atoms with Gasteiger partial charge in [0.1, 0.15) is 6.10 Å². The maximum Gasteiger partial charge on any atom is 0.105 e. The number of hydrogen-bond acceptors (Lipinski definition) is 3. The number of fused-ring (bicyclic) bond motifs is 2. The predicted molar refractivity (Wildman–Crippen MR) is 65.0 cm³/mol. The predicted octanol–water partition coefficient (Wildman–Crippen LogP) is 2.56. The van der Waals surface area contributed by atoms with E-state index in [2.05, 4.69) is 16.3 Å². The number of likely N-dealkylation sites (tertiary alicyclic amines) is 1. The second-order valence-corrected chi connectivity index (χ2v) is 6.38. The molecule has 1 saturated heterocycles. The third-order valence-electron chi connectivity index (χ3n) is 4.35. The molecule has 1 saturated carbocycles. The molecule has 16 heavy (non-hydrogen) atoms. The SMILES string of the molecule is c1cc2c(s1)[C@@H](CN1CCC1)OCC21CC1. The van der Waals surface area contributed by atoms with Gasteiger partial charge in [-0.25, -0.2) is 0 Å². The molecule has 0 N–H and O–H groups in total. The summed E-state index contributed by atoms with van der Waals surface area (Å²) >= 11 is 1.90. The van der Waals surface area contributed by atoms with Gasteiger partial charge in [-0.05, 0) is 49.4 Å². The number of rotatable bonds is 2. The highest BCUT2D eigenvalue weighted by Gasteiger charge is 2.50. The number of thiophene rings is 1. The van der Waals surface area contributed by atoms with Crippen molar-refractivity contribution >= 4 is 11.3 Å². The van der Waals surface area contributed by atoms with E-state index in [9.17, 15) is 0 Å². The quantitative estimate of drug-likeness (QED) is 0.781. The van der Waals surface area contributed by atoms with Gasteiger partial charge in [0, 0.05) is 16.8 Å². The second kappa shape index (κ2) is 3.31. The minimum absolute atomic E-state index is 0.363. The lowest BCUT2D eigenvalue weighted by atomic mass is 9.93. The summed E-state index contributed by atoms with van der Waals surface area (Å²) in [4.78, 5) is 4.04. The average Bonchev–Trinajstić information content (AvgIpc) is 2.82. The van der Waals surface area contributed by atoms with Crippen LogP contribution in [-0.4, -0.2) is 31.1 Å². The Labute approximate surface area is 100 Å². The van der Waals surface area contributed by atoms with Crippen LogP contribution in [0.25, 0.3) is 0 Å². The largest absolute Gasteiger partial charge is 0.370 e. The van der Waals surface area contributed by atoms with E-state index >= 15 is 0 Å². The van der Waals surface area contributed by atoms with Gasteiger partial charge in [0.2, 0.25) is 0 Å². The monoisotopic (exact) mass is 235 g/mol. The molecule has 0 amide bonds. The van der Waals surface area contributed by atoms with Crippen LogP contribution in [0, 0.1) is 0 Å². The van der Waals surface area contributed by atoms with Gasteiger partial charge in [-0.1, -0.05) is 0 Å². The normalized spacial score (nSPS) is 31.1. The average molecular weight is 235 g/mol. The molecule has 2 aliphatic heterocycles. The molecule has 1 aliphatic carbocycles. The smallest absolute Gasteiger partial charge is 0.105 e. The first-order valence-electron chi connectivity index (χ1n) is 6.29. The van der Waals surface area contributed by atoms with Crippen LogP contribution in [0.3, 0.4) is 0 Å². The van der Waals surface area contributed by atoms with Gasteiger partial charge in [-0.3, -0.25) is 0 Å². The molecule has 0 radical (unpaired) electrons. The Hall–Kier alpha value is -0.380. The van der Waals surface area contributed by atoms with Crippen LogP contribution in [0.5, 0.6) is 0 Å². The molecule has 1 atom stereocenters. The summed E-state index contributed by atoms with van der Waals surface area (Å²) in [6.07, 6.45) is 4.41. The van der Waals surface area contributed by atoms with Gasteiger partial charge in [0.15, 0.2) is 0 Å². The van der Waals surface area contributed by atoms with Crippen LogP contribution in [-0.2, 0) is 10.2 Å². The molecular weight excluding hydrogens is 218 g/mol. The molecule has 2 nitrogen and oxygen atoms in total. The molecule has 1 aromatic rings. The van der Waals surface area contributed by atoms with Crippen molar-refractivity contribution in [2.24, 2.45) is 0 Å². The maximum atomic E-state index is 6.12. The molecule has 1 spiro atoms. The molecule has 0 bridgehead atoms. The molecule has 0 unspecified atom stereocenters. The summed E-state index contributed by atoms with van der Waals surface area (Å²) in [5.74, 6) is 0. The van der Waals surface area contributed by atoms with Gasteiger partial charge in [0.05, 0.1) is 6.61 Å². The lowest BCUT2D eigenvalue weighted by Gasteiger charge is -2.37. The zero-order chi connectivity index (χ0) is 10.6. The van der Waals surface area contributed by atoms with E-state index in [1.54, 1.807) is 5.56 Å². The third-order valence-corrected chi connectivity index (χ3v) is 5.35. The molecular formula is C13H17NOS. The van der Waals surface area contributed by atoms with Crippen molar-refractivity contribution in [3.05, 3.63) is 21.9 Å². The fourth-order valence-electron chi connectivity index (χ4n) is 2.92. The van der Waals surface area contributed by atoms with Crippen molar-refractivity contribution in [1.29, 1.82) is 0 Å². The first kappa shape index (κ1) is 9.63. The molecule has 2 fully saturated rings. The van der Waals surface area contributed by atoms with Crippen LogP contribution in [0.2, 0.25) is 0 Å². The Morgan fingerprint density at radius 2 is 2.31 bits per heavy atom. The maximum absolute atomic E-state index is 6.12. The van der Waals surface area contributed by atoms with E-state index in [1.165, 1.54) is 37.2 Å². The van der Waals surface area contributed by atoms with E-state index in [0.29, 0.717) is 11.5 Å². The van der Waals surface area contributed by atoms with Crippen molar-refractivity contribution in [2.75, 3.05) is 26.2 Å². The molecule has 3 heteroatoms. The molecule has 86 valence electrons. The summed E-state index contributed by atoms with van der Waals surface area (Å²) in [6, 6.07) is 2.35. The molecule has 4 rings (SSSR count). The van der Waals surface area contributed by atoms with E-state index in [4.69, 9.17) is 4.74 Å². The van der Waals surface area contributed by atoms with Crippen molar-refractivity contribution in [3.63, 3.8) is 0 Å². The number of ether oxygens (including phenoxy) is 1. The van der Waals surface area contributed by atoms with E-state index < -0.39 is 0 Å². The Kier molecular flexibility index (Phi) is 1.99. The van der Waals surface area contributed by atoms with E-state index in [-0.39, 0.29) is 0 Å². The summed E-state index contributed by atoms with van der Waals surface area (Å²) < 4.78 is 6.12. The zero-order valence-corrected chi connectivity index (χ0v) is 10.3. The van der Waals surface area contributed by atoms with Crippen molar-refractivity contribution < 1.29 is 4.74 Å². The number of nitrogens with zero attached hydrogens (tertiary/aromatic N) is 1. The first-order chi connectivity index (χ1) is 7.87. The van der Waals surface area contributed by atoms with Gasteiger partial charge in [-0.2, -0.15) is 0 Å². The summed E-state index contributed by atoms with van der Waals surface area (Å²) in [5.41, 5.74) is 2.06. The fourth-order valence-corrected chi connectivity index (χ4v) is 3.98. The lowest BCUT2D eigenvalue weighted by Crippen LogP contribution is -2.41. The highest BCUT2D eigenvalue weighted by Crippen LogP contribution is 2.55. The Morgan fingerprint density at radius 3 is 3.00 bits per heavy atom. The number of hydrogen-bond donors (Lipinski definition) is 0. The first-order valence-corrected chi connectivity index (χ1v) is 7.17. The molecule has 1 aromatic heterocycles. The topological polar surface area (TPSA) is 12.5 Å².